The minimum absolute atomic E-state index is 0. The Morgan fingerprint density at radius 2 is 2.28 bits per heavy atom. The van der Waals surface area contributed by atoms with Gasteiger partial charge < -0.3 is 19.9 Å². The van der Waals surface area contributed by atoms with Crippen molar-refractivity contribution in [2.45, 2.75) is 12.5 Å². The van der Waals surface area contributed by atoms with Crippen LogP contribution in [0.25, 0.3) is 0 Å². The van der Waals surface area contributed by atoms with Gasteiger partial charge in [-0.2, -0.15) is 0 Å². The monoisotopic (exact) mass is 337 g/mol. The highest BCUT2D eigenvalue weighted by molar-refractivity contribution is 9.10. The molecule has 0 bridgehead atoms. The van der Waals surface area contributed by atoms with Crippen LogP contribution >= 0.6 is 28.3 Å². The van der Waals surface area contributed by atoms with E-state index in [4.69, 9.17) is 9.47 Å². The maximum atomic E-state index is 11.1. The summed E-state index contributed by atoms with van der Waals surface area (Å²) in [6, 6.07) is 3.34. The molecule has 1 aliphatic rings. The van der Waals surface area contributed by atoms with Crippen LogP contribution in [0.4, 0.5) is 4.79 Å². The van der Waals surface area contributed by atoms with Crippen molar-refractivity contribution < 1.29 is 19.4 Å². The number of carbonyl (C=O) groups excluding carboxylic acids is 1. The van der Waals surface area contributed by atoms with Gasteiger partial charge in [-0.3, -0.25) is 0 Å². The highest BCUT2D eigenvalue weighted by Crippen LogP contribution is 2.37. The molecule has 0 unspecified atom stereocenters. The number of carbonyl (C=O) groups is 1. The summed E-state index contributed by atoms with van der Waals surface area (Å²) >= 11 is 3.25. The highest BCUT2D eigenvalue weighted by atomic mass is 79.9. The topological polar surface area (TPSA) is 67.8 Å². The number of benzene rings is 1. The van der Waals surface area contributed by atoms with Gasteiger partial charge in [0.15, 0.2) is 11.5 Å². The van der Waals surface area contributed by atoms with Gasteiger partial charge in [0, 0.05) is 6.42 Å². The second-order valence-corrected chi connectivity index (χ2v) is 4.53. The number of amides is 1. The molecule has 2 N–H and O–H groups in total. The lowest BCUT2D eigenvalue weighted by Crippen LogP contribution is -2.35. The molecule has 0 aliphatic carbocycles. The van der Waals surface area contributed by atoms with Gasteiger partial charge in [-0.15, -0.1) is 12.4 Å². The Morgan fingerprint density at radius 3 is 2.89 bits per heavy atom. The number of cyclic esters (lactones) is 1. The van der Waals surface area contributed by atoms with E-state index in [0.29, 0.717) is 23.2 Å². The van der Waals surface area contributed by atoms with E-state index in [-0.39, 0.29) is 24.2 Å². The zero-order valence-electron chi connectivity index (χ0n) is 9.60. The molecule has 1 amide bonds. The number of nitrogens with one attached hydrogen (secondary N) is 1. The summed E-state index contributed by atoms with van der Waals surface area (Å²) in [5.74, 6) is 0.421. The van der Waals surface area contributed by atoms with Crippen LogP contribution in [0.2, 0.25) is 0 Å². The van der Waals surface area contributed by atoms with Crippen LogP contribution in [0.1, 0.15) is 18.0 Å². The van der Waals surface area contributed by atoms with Gasteiger partial charge in [0.2, 0.25) is 0 Å². The van der Waals surface area contributed by atoms with Crippen LogP contribution in [0.3, 0.4) is 0 Å². The number of halogens is 2. The lowest BCUT2D eigenvalue weighted by Gasteiger charge is -2.24. The van der Waals surface area contributed by atoms with E-state index in [1.807, 2.05) is 0 Å². The summed E-state index contributed by atoms with van der Waals surface area (Å²) in [7, 11) is 1.48. The number of hydrogen-bond donors (Lipinski definition) is 2. The van der Waals surface area contributed by atoms with Crippen molar-refractivity contribution in [1.82, 2.24) is 5.32 Å². The standard InChI is InChI=1S/C11H12BrNO4.ClH/c1-16-9-5-6(4-7(12)10(9)14)8-2-3-17-11(15)13-8;/h4-5,8,14H,2-3H2,1H3,(H,13,15);1H/t8-;/m1./s1. The van der Waals surface area contributed by atoms with Gasteiger partial charge >= 0.3 is 6.09 Å². The first-order valence-corrected chi connectivity index (χ1v) is 5.91. The van der Waals surface area contributed by atoms with E-state index in [1.54, 1.807) is 12.1 Å². The summed E-state index contributed by atoms with van der Waals surface area (Å²) in [5.41, 5.74) is 0.864. The molecule has 1 aromatic rings. The smallest absolute Gasteiger partial charge is 0.407 e. The van der Waals surface area contributed by atoms with E-state index in [2.05, 4.69) is 21.2 Å². The fourth-order valence-corrected chi connectivity index (χ4v) is 2.19. The second kappa shape index (κ2) is 6.15. The maximum absolute atomic E-state index is 11.1. The Labute approximate surface area is 119 Å². The van der Waals surface area contributed by atoms with Crippen LogP contribution in [0.15, 0.2) is 16.6 Å². The average molecular weight is 339 g/mol. The second-order valence-electron chi connectivity index (χ2n) is 3.68. The molecule has 1 aromatic carbocycles. The van der Waals surface area contributed by atoms with Crippen molar-refractivity contribution in [2.24, 2.45) is 0 Å². The van der Waals surface area contributed by atoms with E-state index >= 15 is 0 Å². The zero-order chi connectivity index (χ0) is 12.4. The van der Waals surface area contributed by atoms with Gasteiger partial charge in [0.25, 0.3) is 0 Å². The summed E-state index contributed by atoms with van der Waals surface area (Å²) < 4.78 is 10.4. The number of phenols is 1. The first-order chi connectivity index (χ1) is 8.11. The highest BCUT2D eigenvalue weighted by Gasteiger charge is 2.22. The van der Waals surface area contributed by atoms with Crippen LogP contribution < -0.4 is 10.1 Å². The Bertz CT molecular complexity index is 455. The van der Waals surface area contributed by atoms with Crippen LogP contribution in [0, 0.1) is 0 Å². The lowest BCUT2D eigenvalue weighted by molar-refractivity contribution is 0.115. The Balaban J connectivity index is 0.00000162. The number of hydrogen-bond acceptors (Lipinski definition) is 4. The van der Waals surface area contributed by atoms with Crippen LogP contribution in [-0.2, 0) is 4.74 Å². The predicted octanol–water partition coefficient (Wildman–Crippen LogP) is 2.76. The van der Waals surface area contributed by atoms with E-state index < -0.39 is 6.09 Å². The van der Waals surface area contributed by atoms with Crippen molar-refractivity contribution in [3.8, 4) is 11.5 Å². The van der Waals surface area contributed by atoms with Gasteiger partial charge in [-0.25, -0.2) is 4.79 Å². The van der Waals surface area contributed by atoms with Crippen molar-refractivity contribution in [1.29, 1.82) is 0 Å². The summed E-state index contributed by atoms with van der Waals surface area (Å²) in [4.78, 5) is 11.1. The normalized spacial score (nSPS) is 18.3. The molecule has 0 spiro atoms. The minimum atomic E-state index is -0.426. The van der Waals surface area contributed by atoms with E-state index in [0.717, 1.165) is 5.56 Å². The largest absolute Gasteiger partial charge is 0.503 e. The molecule has 1 aliphatic heterocycles. The number of aromatic hydroxyl groups is 1. The van der Waals surface area contributed by atoms with Gasteiger partial charge in [0.05, 0.1) is 24.2 Å². The van der Waals surface area contributed by atoms with Crippen LogP contribution in [0.5, 0.6) is 11.5 Å². The molecule has 0 aromatic heterocycles. The third-order valence-electron chi connectivity index (χ3n) is 2.60. The van der Waals surface area contributed by atoms with E-state index in [9.17, 15) is 9.90 Å². The number of ether oxygens (including phenoxy) is 2. The summed E-state index contributed by atoms with van der Waals surface area (Å²) in [5, 5.41) is 12.4. The summed E-state index contributed by atoms with van der Waals surface area (Å²) in [6.07, 6.45) is 0.260. The SMILES string of the molecule is COc1cc([C@H]2CCOC(=O)N2)cc(Br)c1O.Cl. The summed E-state index contributed by atoms with van der Waals surface area (Å²) in [6.45, 7) is 0.386. The molecule has 1 heterocycles. The Kier molecular flexibility index (Phi) is 5.10. The number of alkyl carbamates (subject to hydrolysis) is 1. The maximum Gasteiger partial charge on any atom is 0.407 e. The minimum Gasteiger partial charge on any atom is -0.503 e. The molecule has 0 radical (unpaired) electrons. The van der Waals surface area contributed by atoms with E-state index in [1.165, 1.54) is 7.11 Å². The fraction of sp³-hybridized carbons (Fsp3) is 0.364. The molecular formula is C11H13BrClNO4. The third kappa shape index (κ3) is 3.00. The van der Waals surface area contributed by atoms with Gasteiger partial charge in [-0.05, 0) is 33.6 Å². The number of rotatable bonds is 2. The Morgan fingerprint density at radius 1 is 1.56 bits per heavy atom. The van der Waals surface area contributed by atoms with Gasteiger partial charge in [-0.1, -0.05) is 0 Å². The molecule has 1 atom stereocenters. The quantitative estimate of drug-likeness (QED) is 0.870. The fourth-order valence-electron chi connectivity index (χ4n) is 1.73. The number of phenolic OH excluding ortho intramolecular Hbond substituents is 1. The average Bonchev–Trinajstić information content (AvgIpc) is 2.32. The molecule has 1 fully saturated rings. The molecule has 2 rings (SSSR count). The Hall–Kier alpha value is -1.14. The molecular weight excluding hydrogens is 325 g/mol. The molecule has 7 heteroatoms. The van der Waals surface area contributed by atoms with Crippen LogP contribution in [-0.4, -0.2) is 24.9 Å². The van der Waals surface area contributed by atoms with Crippen molar-refractivity contribution >= 4 is 34.4 Å². The molecule has 18 heavy (non-hydrogen) atoms. The predicted molar refractivity (Wildman–Crippen MR) is 71.4 cm³/mol. The molecule has 100 valence electrons. The van der Waals surface area contributed by atoms with Crippen molar-refractivity contribution in [2.75, 3.05) is 13.7 Å². The third-order valence-corrected chi connectivity index (χ3v) is 3.21. The molecule has 5 nitrogen and oxygen atoms in total. The molecule has 0 saturated carbocycles. The molecule has 1 saturated heterocycles. The van der Waals surface area contributed by atoms with Crippen molar-refractivity contribution in [3.63, 3.8) is 0 Å². The first-order valence-electron chi connectivity index (χ1n) is 5.11. The zero-order valence-corrected chi connectivity index (χ0v) is 12.0. The first kappa shape index (κ1) is 14.9. The number of methoxy groups -OCH3 is 1. The van der Waals surface area contributed by atoms with Crippen molar-refractivity contribution in [3.05, 3.63) is 22.2 Å². The lowest BCUT2D eigenvalue weighted by atomic mass is 10.0. The van der Waals surface area contributed by atoms with Gasteiger partial charge in [0.1, 0.15) is 0 Å².